The number of halogens is 2. The number of amides is 1. The number of carbonyl (C=O) groups is 1. The van der Waals surface area contributed by atoms with Crippen molar-refractivity contribution in [2.24, 2.45) is 4.36 Å². The second-order valence-corrected chi connectivity index (χ2v) is 9.28. The molecule has 0 radical (unpaired) electrons. The van der Waals surface area contributed by atoms with Crippen LogP contribution in [0.4, 0.5) is 12.6 Å². The molecule has 27 heavy (non-hydrogen) atoms. The van der Waals surface area contributed by atoms with Crippen molar-refractivity contribution in [1.82, 2.24) is 5.32 Å². The van der Waals surface area contributed by atoms with Crippen LogP contribution in [0.1, 0.15) is 34.6 Å². The Bertz CT molecular complexity index is 729. The fourth-order valence-electron chi connectivity index (χ4n) is 3.40. The molecule has 0 saturated carbocycles. The maximum atomic E-state index is 13.2. The molecule has 4 atom stereocenters. The maximum Gasteiger partial charge on any atom is 0.407 e. The Kier molecular flexibility index (Phi) is 4.75. The second kappa shape index (κ2) is 6.21. The Balaban J connectivity index is 1.84. The minimum absolute atomic E-state index is 0.0563. The van der Waals surface area contributed by atoms with Crippen molar-refractivity contribution in [1.29, 1.82) is 0 Å². The molecule has 156 valence electrons. The predicted octanol–water partition coefficient (Wildman–Crippen LogP) is 1.76. The van der Waals surface area contributed by atoms with E-state index in [4.69, 9.17) is 23.7 Å². The fraction of sp³-hybridized carbons (Fsp3) is 0.933. The Morgan fingerprint density at radius 3 is 2.37 bits per heavy atom. The van der Waals surface area contributed by atoms with Gasteiger partial charge in [-0.1, -0.05) is 7.77 Å². The van der Waals surface area contributed by atoms with Crippen molar-refractivity contribution in [3.8, 4) is 0 Å². The Morgan fingerprint density at radius 1 is 1.22 bits per heavy atom. The molecular formula is C15H24F2N2O7S. The van der Waals surface area contributed by atoms with Gasteiger partial charge < -0.3 is 29.0 Å². The number of carbonyl (C=O) groups excluding carboxylic acids is 1. The van der Waals surface area contributed by atoms with Crippen LogP contribution in [0.2, 0.25) is 0 Å². The monoisotopic (exact) mass is 414 g/mol. The molecular weight excluding hydrogens is 390 g/mol. The quantitative estimate of drug-likeness (QED) is 0.702. The van der Waals surface area contributed by atoms with Crippen LogP contribution in [-0.2, 0) is 34.2 Å². The number of nitrogens with one attached hydrogen (secondary N) is 1. The van der Waals surface area contributed by atoms with Gasteiger partial charge in [0.1, 0.15) is 30.0 Å². The number of rotatable bonds is 3. The van der Waals surface area contributed by atoms with E-state index in [1.54, 1.807) is 34.6 Å². The van der Waals surface area contributed by atoms with Crippen molar-refractivity contribution >= 4 is 16.6 Å². The lowest BCUT2D eigenvalue weighted by Crippen LogP contribution is -2.75. The second-order valence-electron chi connectivity index (χ2n) is 8.31. The third kappa shape index (κ3) is 4.19. The van der Waals surface area contributed by atoms with Gasteiger partial charge in [-0.25, -0.2) is 4.79 Å². The molecule has 9 nitrogen and oxygen atoms in total. The van der Waals surface area contributed by atoms with Gasteiger partial charge in [0, 0.05) is 0 Å². The molecule has 4 rings (SSSR count). The van der Waals surface area contributed by atoms with E-state index in [2.05, 4.69) is 9.68 Å². The molecule has 4 saturated heterocycles. The van der Waals surface area contributed by atoms with Gasteiger partial charge in [-0.05, 0) is 34.6 Å². The van der Waals surface area contributed by atoms with Gasteiger partial charge in [-0.15, -0.1) is 4.36 Å². The molecule has 0 aromatic rings. The minimum Gasteiger partial charge on any atom is -0.444 e. The maximum absolute atomic E-state index is 13.2. The molecule has 12 heteroatoms. The summed E-state index contributed by atoms with van der Waals surface area (Å²) in [6, 6.07) is 0. The molecule has 0 aromatic carbocycles. The highest BCUT2D eigenvalue weighted by atomic mass is 32.3. The van der Waals surface area contributed by atoms with Gasteiger partial charge in [-0.3, -0.25) is 0 Å². The van der Waals surface area contributed by atoms with Crippen molar-refractivity contribution in [2.45, 2.75) is 69.5 Å². The molecule has 4 heterocycles. The first-order valence-electron chi connectivity index (χ1n) is 8.43. The number of nitrogens with zero attached hydrogens (tertiary/aromatic N) is 1. The summed E-state index contributed by atoms with van der Waals surface area (Å²) in [5.41, 5.74) is -3.81. The summed E-state index contributed by atoms with van der Waals surface area (Å²) in [7, 11) is -5.47. The van der Waals surface area contributed by atoms with Crippen molar-refractivity contribution < 1.29 is 40.5 Å². The first kappa shape index (κ1) is 20.6. The van der Waals surface area contributed by atoms with E-state index in [-0.39, 0.29) is 13.2 Å². The van der Waals surface area contributed by atoms with E-state index in [1.165, 1.54) is 0 Å². The summed E-state index contributed by atoms with van der Waals surface area (Å²) in [6.07, 6.45) is -2.60. The Labute approximate surface area is 156 Å². The molecule has 4 aliphatic heterocycles. The summed E-state index contributed by atoms with van der Waals surface area (Å²) < 4.78 is 68.5. The van der Waals surface area contributed by atoms with Crippen LogP contribution in [0, 0.1) is 0 Å². The Morgan fingerprint density at radius 2 is 1.85 bits per heavy atom. The van der Waals surface area contributed by atoms with Crippen molar-refractivity contribution in [2.75, 3.05) is 19.8 Å². The van der Waals surface area contributed by atoms with E-state index < -0.39 is 58.1 Å². The van der Waals surface area contributed by atoms with Gasteiger partial charge >= 0.3 is 16.6 Å². The minimum atomic E-state index is -5.47. The van der Waals surface area contributed by atoms with E-state index in [0.29, 0.717) is 0 Å². The highest BCUT2D eigenvalue weighted by molar-refractivity contribution is 7.83. The molecule has 4 aliphatic rings. The molecule has 0 spiro atoms. The highest BCUT2D eigenvalue weighted by Gasteiger charge is 2.70. The van der Waals surface area contributed by atoms with Crippen LogP contribution >= 0.6 is 0 Å². The number of ether oxygens (including phenoxy) is 5. The van der Waals surface area contributed by atoms with Crippen molar-refractivity contribution in [3.05, 3.63) is 0 Å². The topological polar surface area (TPSA) is 105 Å². The number of hydrogen-bond donors (Lipinski definition) is 1. The average molecular weight is 414 g/mol. The van der Waals surface area contributed by atoms with Crippen molar-refractivity contribution in [3.63, 3.8) is 0 Å². The van der Waals surface area contributed by atoms with Crippen LogP contribution in [0.25, 0.3) is 0 Å². The lowest BCUT2D eigenvalue weighted by molar-refractivity contribution is -0.325. The average Bonchev–Trinajstić information content (AvgIpc) is 2.81. The van der Waals surface area contributed by atoms with Gasteiger partial charge in [-0.2, -0.15) is 4.21 Å². The lowest BCUT2D eigenvalue weighted by Gasteiger charge is -2.54. The molecule has 0 aliphatic carbocycles. The molecule has 0 aromatic heterocycles. The Hall–Kier alpha value is -1.08. The van der Waals surface area contributed by atoms with E-state index in [0.717, 1.165) is 0 Å². The zero-order chi connectivity index (χ0) is 20.3. The molecule has 3 unspecified atom stereocenters. The van der Waals surface area contributed by atoms with Gasteiger partial charge in [0.15, 0.2) is 5.79 Å². The van der Waals surface area contributed by atoms with E-state index in [9.17, 15) is 16.8 Å². The first-order chi connectivity index (χ1) is 12.2. The summed E-state index contributed by atoms with van der Waals surface area (Å²) in [4.78, 5) is 12.0. The molecule has 1 amide bonds. The fourth-order valence-corrected chi connectivity index (χ4v) is 3.97. The summed E-state index contributed by atoms with van der Waals surface area (Å²) >= 11 is 0. The smallest absolute Gasteiger partial charge is 0.407 e. The molecule has 2 bridgehead atoms. The van der Waals surface area contributed by atoms with E-state index in [1.807, 2.05) is 0 Å². The van der Waals surface area contributed by atoms with E-state index >= 15 is 0 Å². The SMILES string of the molecule is CC(C)(C)OC(=O)NCC12COC(N=S(=O)(F)F)(CO1)C1OC(C)(C)O[C@H]12. The van der Waals surface area contributed by atoms with Crippen LogP contribution in [0.5, 0.6) is 0 Å². The zero-order valence-electron chi connectivity index (χ0n) is 15.7. The standard InChI is InChI=1S/C15H24F2N2O7S/c1-12(2,3)26-11(20)18-6-14-7-23-15(8-22-14,19-27(16,17)21)10-9(14)24-13(4,5)25-10/h9-10H,6-8H2,1-5H3,(H,18,20)/t9-,10?,14?,15?/m1/s1. The number of hydrogen-bond acceptors (Lipinski definition) is 8. The predicted molar refractivity (Wildman–Crippen MR) is 88.2 cm³/mol. The van der Waals surface area contributed by atoms with Gasteiger partial charge in [0.05, 0.1) is 13.2 Å². The van der Waals surface area contributed by atoms with Crippen LogP contribution in [-0.4, -0.2) is 65.0 Å². The number of fused-ring (bicyclic) bond motifs is 2. The van der Waals surface area contributed by atoms with Crippen LogP contribution in [0.15, 0.2) is 4.36 Å². The third-order valence-corrected chi connectivity index (χ3v) is 4.91. The largest absolute Gasteiger partial charge is 0.444 e. The number of alkyl carbamates (subject to hydrolysis) is 1. The first-order valence-corrected chi connectivity index (χ1v) is 9.75. The highest BCUT2D eigenvalue weighted by Crippen LogP contribution is 2.50. The summed E-state index contributed by atoms with van der Waals surface area (Å²) in [6.45, 7) is 7.71. The van der Waals surface area contributed by atoms with Crippen LogP contribution in [0.3, 0.4) is 0 Å². The summed E-state index contributed by atoms with van der Waals surface area (Å²) in [5.74, 6) is -1.12. The zero-order valence-corrected chi connectivity index (χ0v) is 16.6. The molecule has 4 fully saturated rings. The lowest BCUT2D eigenvalue weighted by atomic mass is 9.82. The van der Waals surface area contributed by atoms with Crippen LogP contribution < -0.4 is 5.32 Å². The third-order valence-electron chi connectivity index (χ3n) is 4.38. The van der Waals surface area contributed by atoms with Gasteiger partial charge in [0.25, 0.3) is 0 Å². The normalized spacial score (nSPS) is 37.6. The molecule has 1 N–H and O–H groups in total. The summed E-state index contributed by atoms with van der Waals surface area (Å²) in [5, 5.41) is 2.59. The van der Waals surface area contributed by atoms with Gasteiger partial charge in [0.2, 0.25) is 5.72 Å².